The highest BCUT2D eigenvalue weighted by atomic mass is 32.2. The molecule has 0 saturated carbocycles. The van der Waals surface area contributed by atoms with Gasteiger partial charge in [0.1, 0.15) is 18.3 Å². The Hall–Kier alpha value is -3.06. The largest absolute Gasteiger partial charge is 0.593 e. The van der Waals surface area contributed by atoms with Crippen LogP contribution in [0.3, 0.4) is 0 Å². The molecule has 3 aromatic carbocycles. The van der Waals surface area contributed by atoms with Crippen LogP contribution in [0.1, 0.15) is 16.7 Å². The van der Waals surface area contributed by atoms with Crippen LogP contribution in [0.2, 0.25) is 0 Å². The van der Waals surface area contributed by atoms with Gasteiger partial charge in [-0.15, -0.1) is 4.72 Å². The van der Waals surface area contributed by atoms with Gasteiger partial charge in [-0.3, -0.25) is 0 Å². The van der Waals surface area contributed by atoms with Crippen LogP contribution in [0.25, 0.3) is 0 Å². The Labute approximate surface area is 178 Å². The molecule has 0 bridgehead atoms. The number of hydrogen-bond donors (Lipinski definition) is 1. The first kappa shape index (κ1) is 18.9. The van der Waals surface area contributed by atoms with Crippen molar-refractivity contribution in [1.82, 2.24) is 14.5 Å². The molecule has 1 aliphatic rings. The van der Waals surface area contributed by atoms with Crippen LogP contribution in [-0.2, 0) is 23.4 Å². The fourth-order valence-electron chi connectivity index (χ4n) is 3.95. The van der Waals surface area contributed by atoms with Gasteiger partial charge < -0.3 is 9.29 Å². The standard InChI is InChI=1S/C24H21N3O2S/c28-30(22-18-25-27-16-17-29-23(22)27)26-24(19-10-4-1-5-11-19,20-12-6-2-7-13-20)21-14-8-3-9-15-21/h1-15,18,26H,16-17H2. The lowest BCUT2D eigenvalue weighted by atomic mass is 9.78. The quantitative estimate of drug-likeness (QED) is 0.383. The number of ether oxygens (including phenoxy) is 1. The van der Waals surface area contributed by atoms with E-state index in [-0.39, 0.29) is 0 Å². The molecule has 4 aromatic rings. The molecule has 5 nitrogen and oxygen atoms in total. The Morgan fingerprint density at radius 3 is 1.83 bits per heavy atom. The number of rotatable bonds is 6. The normalized spacial score (nSPS) is 14.2. The molecule has 30 heavy (non-hydrogen) atoms. The average molecular weight is 416 g/mol. The molecule has 6 heteroatoms. The summed E-state index contributed by atoms with van der Waals surface area (Å²) in [4.78, 5) is 0.555. The van der Waals surface area contributed by atoms with Crippen molar-refractivity contribution < 1.29 is 9.29 Å². The highest BCUT2D eigenvalue weighted by molar-refractivity contribution is 7.89. The Morgan fingerprint density at radius 1 is 0.833 bits per heavy atom. The van der Waals surface area contributed by atoms with E-state index >= 15 is 0 Å². The van der Waals surface area contributed by atoms with E-state index in [9.17, 15) is 4.55 Å². The van der Waals surface area contributed by atoms with Crippen LogP contribution in [0.4, 0.5) is 0 Å². The summed E-state index contributed by atoms with van der Waals surface area (Å²) in [6, 6.07) is 30.3. The Bertz CT molecular complexity index is 1020. The fraction of sp³-hybridized carbons (Fsp3) is 0.125. The van der Waals surface area contributed by atoms with Crippen LogP contribution in [0.5, 0.6) is 5.88 Å². The molecule has 0 saturated heterocycles. The van der Waals surface area contributed by atoms with Crippen molar-refractivity contribution >= 4 is 11.4 Å². The second-order valence-corrected chi connectivity index (χ2v) is 8.29. The molecule has 1 aliphatic heterocycles. The van der Waals surface area contributed by atoms with Crippen LogP contribution in [0, 0.1) is 0 Å². The minimum Gasteiger partial charge on any atom is -0.593 e. The van der Waals surface area contributed by atoms with E-state index in [2.05, 4.69) is 46.2 Å². The topological polar surface area (TPSA) is 62.1 Å². The maximum Gasteiger partial charge on any atom is 0.271 e. The lowest BCUT2D eigenvalue weighted by molar-refractivity contribution is 0.348. The van der Waals surface area contributed by atoms with E-state index in [1.165, 1.54) is 0 Å². The Morgan fingerprint density at radius 2 is 1.33 bits per heavy atom. The molecular formula is C24H21N3O2S. The third-order valence-electron chi connectivity index (χ3n) is 5.37. The Balaban J connectivity index is 1.69. The van der Waals surface area contributed by atoms with Crippen LogP contribution in [-0.4, -0.2) is 20.9 Å². The molecule has 1 unspecified atom stereocenters. The molecule has 0 fully saturated rings. The van der Waals surface area contributed by atoms with Crippen molar-refractivity contribution in [3.63, 3.8) is 0 Å². The SMILES string of the molecule is [O-][S+](NC(c1ccccc1)(c1ccccc1)c1ccccc1)c1cnn2c1OCC2. The first-order chi connectivity index (χ1) is 14.8. The summed E-state index contributed by atoms with van der Waals surface area (Å²) in [6.45, 7) is 1.22. The number of nitrogens with one attached hydrogen (secondary N) is 1. The third-order valence-corrected chi connectivity index (χ3v) is 6.54. The molecule has 1 aromatic heterocycles. The predicted octanol–water partition coefficient (Wildman–Crippen LogP) is 3.88. The smallest absolute Gasteiger partial charge is 0.271 e. The summed E-state index contributed by atoms with van der Waals surface area (Å²) in [5, 5.41) is 4.32. The van der Waals surface area contributed by atoms with E-state index in [1.807, 2.05) is 54.6 Å². The van der Waals surface area contributed by atoms with Crippen molar-refractivity contribution in [2.45, 2.75) is 17.0 Å². The van der Waals surface area contributed by atoms with Gasteiger partial charge in [-0.05, 0) is 16.7 Å². The molecule has 1 atom stereocenters. The third kappa shape index (κ3) is 3.19. The minimum absolute atomic E-state index is 0.550. The second-order valence-electron chi connectivity index (χ2n) is 7.10. The van der Waals surface area contributed by atoms with E-state index in [1.54, 1.807) is 10.9 Å². The zero-order valence-corrected chi connectivity index (χ0v) is 17.1. The maximum atomic E-state index is 13.7. The van der Waals surface area contributed by atoms with Crippen molar-refractivity contribution in [2.75, 3.05) is 6.61 Å². The summed E-state index contributed by atoms with van der Waals surface area (Å²) in [7, 11) is 0. The molecular weight excluding hydrogens is 394 g/mol. The lowest BCUT2D eigenvalue weighted by Gasteiger charge is -2.35. The van der Waals surface area contributed by atoms with Gasteiger partial charge in [0.2, 0.25) is 0 Å². The summed E-state index contributed by atoms with van der Waals surface area (Å²) < 4.78 is 24.6. The van der Waals surface area contributed by atoms with E-state index in [4.69, 9.17) is 4.74 Å². The number of benzene rings is 3. The summed E-state index contributed by atoms with van der Waals surface area (Å²) in [5.41, 5.74) is 2.18. The molecule has 0 amide bonds. The molecule has 0 radical (unpaired) electrons. The van der Waals surface area contributed by atoms with Crippen LogP contribution in [0.15, 0.2) is 102 Å². The van der Waals surface area contributed by atoms with Gasteiger partial charge >= 0.3 is 0 Å². The summed E-state index contributed by atoms with van der Waals surface area (Å²) in [6.07, 6.45) is 1.63. The first-order valence-electron chi connectivity index (χ1n) is 9.84. The van der Waals surface area contributed by atoms with E-state index in [0.717, 1.165) is 16.7 Å². The van der Waals surface area contributed by atoms with Crippen LogP contribution >= 0.6 is 0 Å². The lowest BCUT2D eigenvalue weighted by Crippen LogP contribution is -2.47. The average Bonchev–Trinajstić information content (AvgIpc) is 3.43. The van der Waals surface area contributed by atoms with Crippen molar-refractivity contribution in [1.29, 1.82) is 0 Å². The highest BCUT2D eigenvalue weighted by Crippen LogP contribution is 2.39. The van der Waals surface area contributed by atoms with E-state index in [0.29, 0.717) is 23.9 Å². The van der Waals surface area contributed by atoms with Gasteiger partial charge in [0.15, 0.2) is 0 Å². The van der Waals surface area contributed by atoms with Crippen molar-refractivity contribution in [3.8, 4) is 5.88 Å². The fourth-order valence-corrected chi connectivity index (χ4v) is 5.16. The molecule has 2 heterocycles. The number of hydrogen-bond acceptors (Lipinski definition) is 4. The summed E-state index contributed by atoms with van der Waals surface area (Å²) in [5.74, 6) is 0.573. The van der Waals surface area contributed by atoms with Gasteiger partial charge in [0, 0.05) is 0 Å². The number of nitrogens with zero attached hydrogens (tertiary/aromatic N) is 2. The Kier molecular flexibility index (Phi) is 5.04. The van der Waals surface area contributed by atoms with Gasteiger partial charge in [0.05, 0.1) is 17.9 Å². The van der Waals surface area contributed by atoms with Crippen molar-refractivity contribution in [2.24, 2.45) is 0 Å². The number of fused-ring (bicyclic) bond motifs is 1. The highest BCUT2D eigenvalue weighted by Gasteiger charge is 2.42. The van der Waals surface area contributed by atoms with Gasteiger partial charge in [-0.2, -0.15) is 5.10 Å². The number of aromatic nitrogens is 2. The maximum absolute atomic E-state index is 13.7. The monoisotopic (exact) mass is 415 g/mol. The molecule has 0 aliphatic carbocycles. The molecule has 5 rings (SSSR count). The van der Waals surface area contributed by atoms with E-state index < -0.39 is 16.9 Å². The van der Waals surface area contributed by atoms with Gasteiger partial charge in [-0.1, -0.05) is 91.0 Å². The zero-order valence-electron chi connectivity index (χ0n) is 16.3. The van der Waals surface area contributed by atoms with Crippen LogP contribution < -0.4 is 9.46 Å². The zero-order chi connectivity index (χ0) is 20.4. The summed E-state index contributed by atoms with van der Waals surface area (Å²) >= 11 is -1.56. The molecule has 150 valence electrons. The molecule has 1 N–H and O–H groups in total. The van der Waals surface area contributed by atoms with Gasteiger partial charge in [-0.25, -0.2) is 4.68 Å². The predicted molar refractivity (Wildman–Crippen MR) is 116 cm³/mol. The van der Waals surface area contributed by atoms with Crippen molar-refractivity contribution in [3.05, 3.63) is 114 Å². The molecule has 0 spiro atoms. The van der Waals surface area contributed by atoms with Gasteiger partial charge in [0.25, 0.3) is 10.8 Å². The second kappa shape index (κ2) is 7.99. The minimum atomic E-state index is -1.56. The first-order valence-corrected chi connectivity index (χ1v) is 11.0.